The average molecular weight is 293 g/mol. The smallest absolute Gasteiger partial charge is 0.297 e. The van der Waals surface area contributed by atoms with Gasteiger partial charge in [0.05, 0.1) is 13.2 Å². The lowest BCUT2D eigenvalue weighted by molar-refractivity contribution is -0.0384. The van der Waals surface area contributed by atoms with Crippen molar-refractivity contribution in [3.63, 3.8) is 0 Å². The molecule has 1 aliphatic heterocycles. The number of nitrogens with one attached hydrogen (secondary N) is 1. The number of ether oxygens (including phenoxy) is 1. The van der Waals surface area contributed by atoms with Crippen molar-refractivity contribution in [2.45, 2.75) is 0 Å². The molecule has 2 N–H and O–H groups in total. The van der Waals surface area contributed by atoms with Gasteiger partial charge in [0.1, 0.15) is 0 Å². The summed E-state index contributed by atoms with van der Waals surface area (Å²) in [6, 6.07) is 0. The molecule has 1 aromatic heterocycles. The highest BCUT2D eigenvalue weighted by Gasteiger charge is 2.20. The van der Waals surface area contributed by atoms with Crippen LogP contribution in [0.5, 0.6) is 5.88 Å². The number of hydrogen-bond donors (Lipinski definition) is 3. The summed E-state index contributed by atoms with van der Waals surface area (Å²) in [6.45, 7) is 2.54. The van der Waals surface area contributed by atoms with Gasteiger partial charge in [-0.2, -0.15) is 0 Å². The number of aromatic nitrogens is 2. The van der Waals surface area contributed by atoms with Crippen molar-refractivity contribution >= 4 is 16.7 Å². The molecule has 1 saturated heterocycles. The van der Waals surface area contributed by atoms with Crippen molar-refractivity contribution in [1.29, 1.82) is 0 Å². The third-order valence-corrected chi connectivity index (χ3v) is 3.41. The fraction of sp³-hybridized carbons (Fsp3) is 0.750. The second-order valence-corrected chi connectivity index (χ2v) is 4.70. The van der Waals surface area contributed by atoms with Gasteiger partial charge in [0.15, 0.2) is 0 Å². The Morgan fingerprint density at radius 1 is 1.37 bits per heavy atom. The van der Waals surface area contributed by atoms with E-state index >= 15 is 0 Å². The number of aromatic hydroxyl groups is 1. The number of hydrogen-bond acceptors (Lipinski definition) is 9. The minimum atomic E-state index is -2.72. The first-order valence-electron chi connectivity index (χ1n) is 5.68. The molecule has 0 saturated carbocycles. The normalized spacial score (nSPS) is 17.2. The van der Waals surface area contributed by atoms with Gasteiger partial charge >= 0.3 is 0 Å². The highest BCUT2D eigenvalue weighted by atomic mass is 32.2. The van der Waals surface area contributed by atoms with Crippen LogP contribution in [0.2, 0.25) is 0 Å². The molecule has 0 bridgehead atoms. The maximum Gasteiger partial charge on any atom is 0.297 e. The minimum absolute atomic E-state index is 0.0862. The van der Waals surface area contributed by atoms with E-state index in [-0.39, 0.29) is 24.8 Å². The SMILES string of the molecule is O=[SH](=O)N(CCNc1nonc1O)N1CCOCC1. The van der Waals surface area contributed by atoms with E-state index in [1.807, 2.05) is 0 Å². The quantitative estimate of drug-likeness (QED) is 0.525. The van der Waals surface area contributed by atoms with E-state index < -0.39 is 10.9 Å². The van der Waals surface area contributed by atoms with E-state index in [9.17, 15) is 13.5 Å². The lowest BCUT2D eigenvalue weighted by Gasteiger charge is -2.33. The summed E-state index contributed by atoms with van der Waals surface area (Å²) in [5, 5.41) is 20.2. The van der Waals surface area contributed by atoms with E-state index in [1.165, 1.54) is 4.41 Å². The van der Waals surface area contributed by atoms with Crippen LogP contribution in [0.15, 0.2) is 4.63 Å². The van der Waals surface area contributed by atoms with Gasteiger partial charge in [-0.15, -0.1) is 4.41 Å². The van der Waals surface area contributed by atoms with E-state index in [4.69, 9.17) is 4.74 Å². The number of hydrazine groups is 1. The summed E-state index contributed by atoms with van der Waals surface area (Å²) in [4.78, 5) is 0. The highest BCUT2D eigenvalue weighted by Crippen LogP contribution is 2.15. The molecule has 1 aromatic rings. The first-order chi connectivity index (χ1) is 9.18. The highest BCUT2D eigenvalue weighted by molar-refractivity contribution is 7.69. The first kappa shape index (κ1) is 14.0. The summed E-state index contributed by atoms with van der Waals surface area (Å²) in [5.74, 6) is -0.271. The third-order valence-electron chi connectivity index (χ3n) is 2.58. The van der Waals surface area contributed by atoms with Gasteiger partial charge in [-0.3, -0.25) is 0 Å². The Bertz CT molecular complexity index is 464. The van der Waals surface area contributed by atoms with Crippen LogP contribution in [0.25, 0.3) is 0 Å². The van der Waals surface area contributed by atoms with Crippen LogP contribution < -0.4 is 5.32 Å². The Kier molecular flexibility index (Phi) is 4.90. The van der Waals surface area contributed by atoms with E-state index in [2.05, 4.69) is 20.3 Å². The van der Waals surface area contributed by atoms with Crippen molar-refractivity contribution in [1.82, 2.24) is 19.7 Å². The van der Waals surface area contributed by atoms with Gasteiger partial charge in [0.25, 0.3) is 5.88 Å². The largest absolute Gasteiger partial charge is 0.488 e. The molecule has 0 unspecified atom stereocenters. The van der Waals surface area contributed by atoms with Gasteiger partial charge in [-0.05, 0) is 10.3 Å². The molecule has 11 heteroatoms. The summed E-state index contributed by atoms with van der Waals surface area (Å²) >= 11 is 0. The second kappa shape index (κ2) is 6.65. The molecular weight excluding hydrogens is 278 g/mol. The summed E-state index contributed by atoms with van der Waals surface area (Å²) in [7, 11) is -2.72. The lowest BCUT2D eigenvalue weighted by Crippen LogP contribution is -2.49. The Hall–Kier alpha value is -1.43. The Morgan fingerprint density at radius 2 is 2.11 bits per heavy atom. The monoisotopic (exact) mass is 293 g/mol. The summed E-state index contributed by atoms with van der Waals surface area (Å²) in [5.41, 5.74) is 0. The standard InChI is InChI=1S/C8H15N5O5S/c14-8-7(10-18-11-8)9-1-2-13(19(15)16)12-3-5-17-6-4-12/h19H,1-6H2,(H,9,10)(H,11,14). The molecule has 0 radical (unpaired) electrons. The number of thiol groups is 1. The van der Waals surface area contributed by atoms with Crippen molar-refractivity contribution in [3.05, 3.63) is 0 Å². The molecule has 0 spiro atoms. The Balaban J connectivity index is 1.85. The fourth-order valence-electron chi connectivity index (χ4n) is 1.68. The zero-order valence-corrected chi connectivity index (χ0v) is 11.0. The first-order valence-corrected chi connectivity index (χ1v) is 6.81. The fourth-order valence-corrected chi connectivity index (χ4v) is 2.33. The zero-order chi connectivity index (χ0) is 13.7. The predicted octanol–water partition coefficient (Wildman–Crippen LogP) is -1.74. The summed E-state index contributed by atoms with van der Waals surface area (Å²) < 4.78 is 33.1. The number of nitrogens with zero attached hydrogens (tertiary/aromatic N) is 4. The van der Waals surface area contributed by atoms with E-state index in [0.717, 1.165) is 0 Å². The zero-order valence-electron chi connectivity index (χ0n) is 10.1. The Labute approximate surface area is 110 Å². The van der Waals surface area contributed by atoms with Gasteiger partial charge in [-0.1, -0.05) is 0 Å². The number of morpholine rings is 1. The molecule has 0 aromatic carbocycles. The molecule has 2 heterocycles. The van der Waals surface area contributed by atoms with Crippen molar-refractivity contribution < 1.29 is 22.9 Å². The molecule has 108 valence electrons. The van der Waals surface area contributed by atoms with Crippen LogP contribution in [0, 0.1) is 0 Å². The topological polar surface area (TPSA) is 121 Å². The van der Waals surface area contributed by atoms with E-state index in [0.29, 0.717) is 26.3 Å². The van der Waals surface area contributed by atoms with Crippen LogP contribution in [-0.4, -0.2) is 72.7 Å². The van der Waals surface area contributed by atoms with Crippen LogP contribution in [-0.2, 0) is 15.6 Å². The lowest BCUT2D eigenvalue weighted by atomic mass is 10.5. The van der Waals surface area contributed by atoms with Crippen molar-refractivity contribution in [2.75, 3.05) is 44.7 Å². The van der Waals surface area contributed by atoms with Crippen molar-refractivity contribution in [3.8, 4) is 5.88 Å². The number of rotatable bonds is 6. The second-order valence-electron chi connectivity index (χ2n) is 3.76. The van der Waals surface area contributed by atoms with Crippen molar-refractivity contribution in [2.24, 2.45) is 0 Å². The van der Waals surface area contributed by atoms with Crippen LogP contribution in [0.4, 0.5) is 5.82 Å². The van der Waals surface area contributed by atoms with Gasteiger partial charge in [-0.25, -0.2) is 18.1 Å². The molecule has 0 amide bonds. The maximum atomic E-state index is 11.2. The molecular formula is C8H15N5O5S. The molecule has 1 fully saturated rings. The molecule has 0 aliphatic carbocycles. The van der Waals surface area contributed by atoms with E-state index in [1.54, 1.807) is 5.01 Å². The minimum Gasteiger partial charge on any atom is -0.488 e. The van der Waals surface area contributed by atoms with Crippen LogP contribution in [0.1, 0.15) is 0 Å². The average Bonchev–Trinajstić information content (AvgIpc) is 2.81. The number of anilines is 1. The molecule has 10 nitrogen and oxygen atoms in total. The third kappa shape index (κ3) is 3.76. The Morgan fingerprint density at radius 3 is 2.68 bits per heavy atom. The van der Waals surface area contributed by atoms with Gasteiger partial charge in [0, 0.05) is 26.2 Å². The molecule has 1 aliphatic rings. The van der Waals surface area contributed by atoms with Gasteiger partial charge in [0.2, 0.25) is 16.7 Å². The maximum absolute atomic E-state index is 11.2. The molecule has 19 heavy (non-hydrogen) atoms. The van der Waals surface area contributed by atoms with Crippen LogP contribution >= 0.6 is 0 Å². The molecule has 0 atom stereocenters. The van der Waals surface area contributed by atoms with Gasteiger partial charge < -0.3 is 15.2 Å². The molecule has 2 rings (SSSR count). The van der Waals surface area contributed by atoms with Crippen LogP contribution in [0.3, 0.4) is 0 Å². The summed E-state index contributed by atoms with van der Waals surface area (Å²) in [6.07, 6.45) is 0. The predicted molar refractivity (Wildman–Crippen MR) is 63.9 cm³/mol.